The second-order valence-corrected chi connectivity index (χ2v) is 8.90. The van der Waals surface area contributed by atoms with Gasteiger partial charge in [-0.2, -0.15) is 0 Å². The van der Waals surface area contributed by atoms with Crippen LogP contribution in [0.3, 0.4) is 0 Å². The normalized spacial score (nSPS) is 12.4. The number of halogens is 1. The summed E-state index contributed by atoms with van der Waals surface area (Å²) in [6.07, 6.45) is 0.591. The zero-order valence-corrected chi connectivity index (χ0v) is 17.1. The van der Waals surface area contributed by atoms with Crippen molar-refractivity contribution < 1.29 is 18.3 Å². The quantitative estimate of drug-likeness (QED) is 0.619. The lowest BCUT2D eigenvalue weighted by atomic mass is 10.1. The summed E-state index contributed by atoms with van der Waals surface area (Å²) in [5.41, 5.74) is 1.74. The number of nitrogens with zero attached hydrogens (tertiary/aromatic N) is 1. The maximum absolute atomic E-state index is 12.8. The maximum atomic E-state index is 12.8. The Labute approximate surface area is 174 Å². The Morgan fingerprint density at radius 1 is 1.14 bits per heavy atom. The summed E-state index contributed by atoms with van der Waals surface area (Å²) in [5.74, 6) is -1.05. The van der Waals surface area contributed by atoms with E-state index >= 15 is 0 Å². The summed E-state index contributed by atoms with van der Waals surface area (Å²) in [6, 6.07) is 16.2. The van der Waals surface area contributed by atoms with Gasteiger partial charge in [-0.05, 0) is 49.4 Å². The van der Waals surface area contributed by atoms with Gasteiger partial charge in [-0.3, -0.25) is 9.78 Å². The van der Waals surface area contributed by atoms with Crippen molar-refractivity contribution in [1.29, 1.82) is 0 Å². The van der Waals surface area contributed by atoms with Crippen LogP contribution in [0.15, 0.2) is 71.8 Å². The largest absolute Gasteiger partial charge is 0.392 e. The topological polar surface area (TPSA) is 96.4 Å². The number of amides is 1. The second kappa shape index (κ2) is 8.73. The number of carbonyl (C=O) groups is 1. The molecule has 2 N–H and O–H groups in total. The number of sulfone groups is 1. The van der Waals surface area contributed by atoms with Crippen LogP contribution in [0.2, 0.25) is 5.02 Å². The molecule has 3 rings (SSSR count). The SMILES string of the molecule is CC(O)CS(=O)(=O)c1ccccc1C(=O)Nc1ccc(Cl)c(-c2ccccn2)c1. The summed E-state index contributed by atoms with van der Waals surface area (Å²) < 4.78 is 25.1. The highest BCUT2D eigenvalue weighted by molar-refractivity contribution is 7.91. The van der Waals surface area contributed by atoms with Gasteiger partial charge in [0.25, 0.3) is 5.91 Å². The lowest BCUT2D eigenvalue weighted by molar-refractivity contribution is 0.102. The molecule has 0 saturated carbocycles. The van der Waals surface area contributed by atoms with E-state index in [-0.39, 0.29) is 10.5 Å². The molecule has 0 saturated heterocycles. The fraction of sp³-hybridized carbons (Fsp3) is 0.143. The smallest absolute Gasteiger partial charge is 0.256 e. The van der Waals surface area contributed by atoms with Crippen LogP contribution in [0.4, 0.5) is 5.69 Å². The van der Waals surface area contributed by atoms with Crippen molar-refractivity contribution in [2.45, 2.75) is 17.9 Å². The highest BCUT2D eigenvalue weighted by Crippen LogP contribution is 2.29. The lowest BCUT2D eigenvalue weighted by Crippen LogP contribution is -2.22. The summed E-state index contributed by atoms with van der Waals surface area (Å²) in [6.45, 7) is 1.38. The highest BCUT2D eigenvalue weighted by Gasteiger charge is 2.24. The minimum absolute atomic E-state index is 0.00230. The Bertz CT molecular complexity index is 1130. The molecule has 29 heavy (non-hydrogen) atoms. The molecule has 0 aliphatic rings. The Balaban J connectivity index is 1.93. The van der Waals surface area contributed by atoms with Gasteiger partial charge >= 0.3 is 0 Å². The van der Waals surface area contributed by atoms with Gasteiger partial charge in [0.1, 0.15) is 0 Å². The molecule has 6 nitrogen and oxygen atoms in total. The molecule has 0 fully saturated rings. The first-order valence-corrected chi connectivity index (χ1v) is 10.8. The van der Waals surface area contributed by atoms with Gasteiger partial charge in [-0.15, -0.1) is 0 Å². The molecule has 0 aliphatic heterocycles. The highest BCUT2D eigenvalue weighted by atomic mass is 35.5. The third kappa shape index (κ3) is 5.00. The third-order valence-electron chi connectivity index (χ3n) is 4.09. The number of pyridine rings is 1. The van der Waals surface area contributed by atoms with Crippen LogP contribution in [-0.2, 0) is 9.84 Å². The van der Waals surface area contributed by atoms with E-state index in [1.54, 1.807) is 42.6 Å². The molecule has 150 valence electrons. The van der Waals surface area contributed by atoms with Crippen molar-refractivity contribution in [1.82, 2.24) is 4.98 Å². The first-order valence-electron chi connectivity index (χ1n) is 8.80. The first-order chi connectivity index (χ1) is 13.8. The number of carbonyl (C=O) groups excluding carboxylic acids is 1. The molecule has 0 aliphatic carbocycles. The second-order valence-electron chi connectivity index (χ2n) is 6.49. The molecule has 1 amide bonds. The molecule has 8 heteroatoms. The van der Waals surface area contributed by atoms with Crippen LogP contribution >= 0.6 is 11.6 Å². The predicted molar refractivity (Wildman–Crippen MR) is 113 cm³/mol. The molecule has 1 unspecified atom stereocenters. The molecule has 3 aromatic rings. The van der Waals surface area contributed by atoms with Crippen molar-refractivity contribution in [3.05, 3.63) is 77.4 Å². The summed E-state index contributed by atoms with van der Waals surface area (Å²) >= 11 is 6.26. The van der Waals surface area contributed by atoms with Crippen LogP contribution in [-0.4, -0.2) is 36.3 Å². The van der Waals surface area contributed by atoms with Crippen LogP contribution in [0.5, 0.6) is 0 Å². The van der Waals surface area contributed by atoms with E-state index in [9.17, 15) is 18.3 Å². The number of rotatable bonds is 6. The van der Waals surface area contributed by atoms with Crippen LogP contribution in [0.25, 0.3) is 11.3 Å². The van der Waals surface area contributed by atoms with Gasteiger partial charge in [0.15, 0.2) is 9.84 Å². The standard InChI is InChI=1S/C21H19ClN2O4S/c1-14(25)13-29(27,28)20-8-3-2-6-16(20)21(26)24-15-9-10-18(22)17(12-15)19-7-4-5-11-23-19/h2-12,14,25H,13H2,1H3,(H,24,26). The number of anilines is 1. The molecule has 0 spiro atoms. The summed E-state index contributed by atoms with van der Waals surface area (Å²) in [5, 5.41) is 12.7. The van der Waals surface area contributed by atoms with Gasteiger partial charge < -0.3 is 10.4 Å². The van der Waals surface area contributed by atoms with Crippen LogP contribution < -0.4 is 5.32 Å². The average molecular weight is 431 g/mol. The zero-order chi connectivity index (χ0) is 21.0. The van der Waals surface area contributed by atoms with E-state index in [1.807, 2.05) is 6.07 Å². The Morgan fingerprint density at radius 2 is 1.86 bits per heavy atom. The lowest BCUT2D eigenvalue weighted by Gasteiger charge is -2.13. The van der Waals surface area contributed by atoms with Gasteiger partial charge in [-0.1, -0.05) is 29.8 Å². The van der Waals surface area contributed by atoms with Crippen LogP contribution in [0, 0.1) is 0 Å². The molecular weight excluding hydrogens is 412 g/mol. The van der Waals surface area contributed by atoms with Gasteiger partial charge in [0.05, 0.1) is 33.0 Å². The number of aromatic nitrogens is 1. The average Bonchev–Trinajstić information content (AvgIpc) is 2.69. The summed E-state index contributed by atoms with van der Waals surface area (Å²) in [7, 11) is -3.83. The molecule has 0 bridgehead atoms. The van der Waals surface area contributed by atoms with E-state index in [1.165, 1.54) is 25.1 Å². The monoisotopic (exact) mass is 430 g/mol. The number of nitrogens with one attached hydrogen (secondary N) is 1. The first kappa shape index (κ1) is 21.0. The Hall–Kier alpha value is -2.74. The fourth-order valence-corrected chi connectivity index (χ4v) is 4.66. The molecule has 0 radical (unpaired) electrons. The third-order valence-corrected chi connectivity index (χ3v) is 6.37. The predicted octanol–water partition coefficient (Wildman–Crippen LogP) is 3.81. The Kier molecular flexibility index (Phi) is 6.32. The number of hydrogen-bond acceptors (Lipinski definition) is 5. The van der Waals surface area contributed by atoms with Gasteiger partial charge in [0, 0.05) is 17.4 Å². The Morgan fingerprint density at radius 3 is 2.55 bits per heavy atom. The minimum Gasteiger partial charge on any atom is -0.392 e. The maximum Gasteiger partial charge on any atom is 0.256 e. The van der Waals surface area contributed by atoms with Gasteiger partial charge in [-0.25, -0.2) is 8.42 Å². The zero-order valence-electron chi connectivity index (χ0n) is 15.5. The molecular formula is C21H19ClN2O4S. The molecule has 2 aromatic carbocycles. The van der Waals surface area contributed by atoms with E-state index in [0.717, 1.165) is 0 Å². The summed E-state index contributed by atoms with van der Waals surface area (Å²) in [4.78, 5) is 16.9. The number of hydrogen-bond donors (Lipinski definition) is 2. The fourth-order valence-electron chi connectivity index (χ4n) is 2.85. The molecule has 1 atom stereocenters. The van der Waals surface area contributed by atoms with Crippen molar-refractivity contribution in [2.75, 3.05) is 11.1 Å². The van der Waals surface area contributed by atoms with Crippen molar-refractivity contribution >= 4 is 33.0 Å². The minimum atomic E-state index is -3.83. The number of aliphatic hydroxyl groups is 1. The molecule has 1 heterocycles. The van der Waals surface area contributed by atoms with E-state index in [4.69, 9.17) is 11.6 Å². The van der Waals surface area contributed by atoms with Gasteiger partial charge in [0.2, 0.25) is 0 Å². The van der Waals surface area contributed by atoms with Crippen molar-refractivity contribution in [3.63, 3.8) is 0 Å². The van der Waals surface area contributed by atoms with Crippen molar-refractivity contribution in [2.24, 2.45) is 0 Å². The number of aliphatic hydroxyl groups excluding tert-OH is 1. The van der Waals surface area contributed by atoms with E-state index < -0.39 is 27.6 Å². The number of benzene rings is 2. The van der Waals surface area contributed by atoms with E-state index in [2.05, 4.69) is 10.3 Å². The van der Waals surface area contributed by atoms with Crippen molar-refractivity contribution in [3.8, 4) is 11.3 Å². The van der Waals surface area contributed by atoms with Crippen LogP contribution in [0.1, 0.15) is 17.3 Å². The van der Waals surface area contributed by atoms with E-state index in [0.29, 0.717) is 22.0 Å². The molecule has 1 aromatic heterocycles.